The van der Waals surface area contributed by atoms with E-state index in [0.29, 0.717) is 5.92 Å². The van der Waals surface area contributed by atoms with Gasteiger partial charge in [0.25, 0.3) is 0 Å². The van der Waals surface area contributed by atoms with Crippen LogP contribution in [0.25, 0.3) is 0 Å². The second-order valence-electron chi connectivity index (χ2n) is 7.41. The molecule has 2 aliphatic rings. The number of amides is 1. The predicted molar refractivity (Wildman–Crippen MR) is 89.3 cm³/mol. The first kappa shape index (κ1) is 15.9. The Bertz CT molecular complexity index is 659. The molecule has 0 bridgehead atoms. The lowest BCUT2D eigenvalue weighted by Crippen LogP contribution is -2.29. The first-order valence-corrected chi connectivity index (χ1v) is 8.15. The molecule has 1 aromatic rings. The van der Waals surface area contributed by atoms with E-state index < -0.39 is 0 Å². The number of fused-ring (bicyclic) bond motifs is 1. The number of rotatable bonds is 4. The number of carbonyl (C=O) groups excluding carboxylic acids is 1. The van der Waals surface area contributed by atoms with E-state index >= 15 is 0 Å². The molecule has 3 unspecified atom stereocenters. The summed E-state index contributed by atoms with van der Waals surface area (Å²) in [6.07, 6.45) is 2.22. The molecule has 1 amide bonds. The molecule has 23 heavy (non-hydrogen) atoms. The lowest BCUT2D eigenvalue weighted by molar-refractivity contribution is -0.123. The van der Waals surface area contributed by atoms with Crippen molar-refractivity contribution in [2.75, 3.05) is 6.79 Å². The van der Waals surface area contributed by atoms with Gasteiger partial charge in [0, 0.05) is 0 Å². The molecule has 1 fully saturated rings. The molecule has 0 spiro atoms. The highest BCUT2D eigenvalue weighted by Gasteiger charge is 2.60. The molecule has 1 aliphatic carbocycles. The van der Waals surface area contributed by atoms with Crippen molar-refractivity contribution in [3.63, 3.8) is 0 Å². The zero-order valence-corrected chi connectivity index (χ0v) is 14.5. The third-order valence-electron chi connectivity index (χ3n) is 4.96. The largest absolute Gasteiger partial charge is 0.454 e. The molecule has 1 heterocycles. The van der Waals surface area contributed by atoms with Crippen molar-refractivity contribution in [2.45, 2.75) is 40.7 Å². The Hall–Kier alpha value is -1.97. The summed E-state index contributed by atoms with van der Waals surface area (Å²) in [5.74, 6) is 2.02. The van der Waals surface area contributed by atoms with Crippen LogP contribution in [0.5, 0.6) is 11.5 Å². The number of allylic oxidation sites excluding steroid dienone is 2. The van der Waals surface area contributed by atoms with Gasteiger partial charge in [-0.1, -0.05) is 31.6 Å². The topological polar surface area (TPSA) is 47.6 Å². The van der Waals surface area contributed by atoms with Crippen LogP contribution in [0.1, 0.15) is 46.2 Å². The van der Waals surface area contributed by atoms with E-state index in [9.17, 15) is 4.79 Å². The number of carbonyl (C=O) groups is 1. The third-order valence-corrected chi connectivity index (χ3v) is 4.96. The normalized spacial score (nSPS) is 24.7. The molecular weight excluding hydrogens is 290 g/mol. The Morgan fingerprint density at radius 2 is 2.00 bits per heavy atom. The molecule has 1 saturated carbocycles. The van der Waals surface area contributed by atoms with Crippen molar-refractivity contribution in [3.05, 3.63) is 35.4 Å². The third kappa shape index (κ3) is 2.94. The highest BCUT2D eigenvalue weighted by atomic mass is 16.7. The summed E-state index contributed by atoms with van der Waals surface area (Å²) in [7, 11) is 0. The summed E-state index contributed by atoms with van der Waals surface area (Å²) in [5, 5.41) is 3.14. The number of ether oxygens (including phenoxy) is 2. The van der Waals surface area contributed by atoms with Crippen molar-refractivity contribution in [1.29, 1.82) is 0 Å². The standard InChI is InChI=1S/C19H25NO3/c1-11(2)8-14-17(19(14,4)5)18(21)20-12(3)13-6-7-15-16(9-13)23-10-22-15/h6-9,12,14,17H,10H2,1-5H3,(H,20,21). The highest BCUT2D eigenvalue weighted by Crippen LogP contribution is 2.59. The fourth-order valence-corrected chi connectivity index (χ4v) is 3.42. The van der Waals surface area contributed by atoms with Crippen LogP contribution in [-0.4, -0.2) is 12.7 Å². The zero-order valence-electron chi connectivity index (χ0n) is 14.5. The van der Waals surface area contributed by atoms with Gasteiger partial charge in [0.05, 0.1) is 12.0 Å². The minimum atomic E-state index is -0.0549. The maximum absolute atomic E-state index is 12.6. The van der Waals surface area contributed by atoms with E-state index in [1.807, 2.05) is 25.1 Å². The summed E-state index contributed by atoms with van der Waals surface area (Å²) >= 11 is 0. The highest BCUT2D eigenvalue weighted by molar-refractivity contribution is 5.84. The number of nitrogens with one attached hydrogen (secondary N) is 1. The van der Waals surface area contributed by atoms with Crippen LogP contribution in [0.15, 0.2) is 29.8 Å². The summed E-state index contributed by atoms with van der Waals surface area (Å²) < 4.78 is 10.7. The van der Waals surface area contributed by atoms with Crippen LogP contribution < -0.4 is 14.8 Å². The van der Waals surface area contributed by atoms with Gasteiger partial charge < -0.3 is 14.8 Å². The summed E-state index contributed by atoms with van der Waals surface area (Å²) in [6.45, 7) is 10.7. The SMILES string of the molecule is CC(C)=CC1C(C(=O)NC(C)c2ccc3c(c2)OCO3)C1(C)C. The number of hydrogen-bond donors (Lipinski definition) is 1. The van der Waals surface area contributed by atoms with Gasteiger partial charge in [-0.2, -0.15) is 0 Å². The van der Waals surface area contributed by atoms with Crippen molar-refractivity contribution in [2.24, 2.45) is 17.3 Å². The summed E-state index contributed by atoms with van der Waals surface area (Å²) in [4.78, 5) is 12.6. The Labute approximate surface area is 137 Å². The van der Waals surface area contributed by atoms with E-state index in [-0.39, 0.29) is 30.1 Å². The Kier molecular flexibility index (Phi) is 3.86. The summed E-state index contributed by atoms with van der Waals surface area (Å²) in [6, 6.07) is 5.76. The van der Waals surface area contributed by atoms with Gasteiger partial charge in [-0.15, -0.1) is 0 Å². The van der Waals surface area contributed by atoms with Crippen molar-refractivity contribution in [3.8, 4) is 11.5 Å². The molecule has 1 aliphatic heterocycles. The molecule has 4 nitrogen and oxygen atoms in total. The Morgan fingerprint density at radius 3 is 2.70 bits per heavy atom. The first-order valence-electron chi connectivity index (χ1n) is 8.15. The molecule has 4 heteroatoms. The Morgan fingerprint density at radius 1 is 1.30 bits per heavy atom. The van der Waals surface area contributed by atoms with Crippen LogP contribution in [0, 0.1) is 17.3 Å². The monoisotopic (exact) mass is 315 g/mol. The molecule has 124 valence electrons. The molecule has 0 radical (unpaired) electrons. The maximum atomic E-state index is 12.6. The predicted octanol–water partition coefficient (Wildman–Crippen LogP) is 3.83. The molecule has 1 N–H and O–H groups in total. The van der Waals surface area contributed by atoms with Gasteiger partial charge in [-0.25, -0.2) is 0 Å². The van der Waals surface area contributed by atoms with Gasteiger partial charge >= 0.3 is 0 Å². The molecule has 1 aromatic carbocycles. The van der Waals surface area contributed by atoms with Crippen LogP contribution in [0.3, 0.4) is 0 Å². The fraction of sp³-hybridized carbons (Fsp3) is 0.526. The van der Waals surface area contributed by atoms with Gasteiger partial charge in [0.1, 0.15) is 0 Å². The lowest BCUT2D eigenvalue weighted by atomic mass is 10.1. The van der Waals surface area contributed by atoms with Gasteiger partial charge in [0.15, 0.2) is 11.5 Å². The molecule has 3 atom stereocenters. The van der Waals surface area contributed by atoms with Crippen molar-refractivity contribution in [1.82, 2.24) is 5.32 Å². The van der Waals surface area contributed by atoms with Crippen molar-refractivity contribution >= 4 is 5.91 Å². The van der Waals surface area contributed by atoms with Crippen LogP contribution >= 0.6 is 0 Å². The second kappa shape index (κ2) is 5.59. The van der Waals surface area contributed by atoms with Gasteiger partial charge in [0.2, 0.25) is 12.7 Å². The second-order valence-corrected chi connectivity index (χ2v) is 7.41. The van der Waals surface area contributed by atoms with E-state index in [0.717, 1.165) is 17.1 Å². The van der Waals surface area contributed by atoms with E-state index in [2.05, 4.69) is 39.1 Å². The zero-order chi connectivity index (χ0) is 16.8. The Balaban J connectivity index is 1.67. The molecule has 0 aromatic heterocycles. The minimum absolute atomic E-state index is 0.0377. The quantitative estimate of drug-likeness (QED) is 0.859. The van der Waals surface area contributed by atoms with Gasteiger partial charge in [-0.05, 0) is 49.8 Å². The maximum Gasteiger partial charge on any atom is 0.231 e. The van der Waals surface area contributed by atoms with Gasteiger partial charge in [-0.3, -0.25) is 4.79 Å². The average Bonchev–Trinajstić information content (AvgIpc) is 2.85. The van der Waals surface area contributed by atoms with E-state index in [4.69, 9.17) is 9.47 Å². The minimum Gasteiger partial charge on any atom is -0.454 e. The number of benzene rings is 1. The van der Waals surface area contributed by atoms with Crippen LogP contribution in [0.4, 0.5) is 0 Å². The lowest BCUT2D eigenvalue weighted by Gasteiger charge is -2.15. The fourth-order valence-electron chi connectivity index (χ4n) is 3.42. The van der Waals surface area contributed by atoms with E-state index in [1.54, 1.807) is 0 Å². The molecule has 3 rings (SSSR count). The molecule has 0 saturated heterocycles. The summed E-state index contributed by atoms with van der Waals surface area (Å²) in [5.41, 5.74) is 2.33. The van der Waals surface area contributed by atoms with Crippen molar-refractivity contribution < 1.29 is 14.3 Å². The van der Waals surface area contributed by atoms with Crippen LogP contribution in [-0.2, 0) is 4.79 Å². The molecular formula is C19H25NO3. The smallest absolute Gasteiger partial charge is 0.231 e. The van der Waals surface area contributed by atoms with Crippen LogP contribution in [0.2, 0.25) is 0 Å². The average molecular weight is 315 g/mol. The van der Waals surface area contributed by atoms with E-state index in [1.165, 1.54) is 5.57 Å². The first-order chi connectivity index (χ1) is 10.8. The number of hydrogen-bond acceptors (Lipinski definition) is 3.